The normalized spacial score (nSPS) is 19.1. The first-order valence-electron chi connectivity index (χ1n) is 11.0. The summed E-state index contributed by atoms with van der Waals surface area (Å²) < 4.78 is 51.1. The summed E-state index contributed by atoms with van der Waals surface area (Å²) in [5, 5.41) is 7.95. The van der Waals surface area contributed by atoms with Crippen molar-refractivity contribution in [2.75, 3.05) is 0 Å². The summed E-state index contributed by atoms with van der Waals surface area (Å²) >= 11 is 0. The molecular formula is C23H28FN5O3S. The highest BCUT2D eigenvalue weighted by Gasteiger charge is 2.28. The number of halogens is 1. The molecule has 10 heteroatoms. The Bertz CT molecular complexity index is 1210. The van der Waals surface area contributed by atoms with E-state index in [9.17, 15) is 12.8 Å². The first-order valence-corrected chi connectivity index (χ1v) is 12.5. The Morgan fingerprint density at radius 1 is 1.21 bits per heavy atom. The maximum Gasteiger partial charge on any atom is 0.240 e. The van der Waals surface area contributed by atoms with Crippen LogP contribution in [0.1, 0.15) is 51.4 Å². The van der Waals surface area contributed by atoms with Crippen LogP contribution in [0.5, 0.6) is 5.88 Å². The summed E-state index contributed by atoms with van der Waals surface area (Å²) in [6.45, 7) is 5.67. The Labute approximate surface area is 193 Å². The van der Waals surface area contributed by atoms with Gasteiger partial charge < -0.3 is 9.30 Å². The monoisotopic (exact) mass is 473 g/mol. The molecule has 0 bridgehead atoms. The summed E-state index contributed by atoms with van der Waals surface area (Å²) in [4.78, 5) is 4.09. The van der Waals surface area contributed by atoms with Crippen LogP contribution in [0.4, 0.5) is 4.39 Å². The van der Waals surface area contributed by atoms with E-state index < -0.39 is 15.8 Å². The summed E-state index contributed by atoms with van der Waals surface area (Å²) in [5.74, 6) is 0.628. The van der Waals surface area contributed by atoms with Crippen LogP contribution in [0, 0.1) is 12.7 Å². The molecule has 8 nitrogen and oxygen atoms in total. The summed E-state index contributed by atoms with van der Waals surface area (Å²) in [6, 6.07) is 7.20. The van der Waals surface area contributed by atoms with Gasteiger partial charge in [0.05, 0.1) is 11.0 Å². The SMILES string of the molecule is Cc1nncn1C1CCCC(NS(=O)(=O)c2ccc(-c3ccc(OC(C)C)nc3)c(F)c2)C1. The van der Waals surface area contributed by atoms with Crippen LogP contribution in [0.15, 0.2) is 47.8 Å². The van der Waals surface area contributed by atoms with Crippen molar-refractivity contribution in [3.63, 3.8) is 0 Å². The van der Waals surface area contributed by atoms with Crippen LogP contribution in [0.2, 0.25) is 0 Å². The Kier molecular flexibility index (Phi) is 6.76. The molecule has 3 aromatic rings. The van der Waals surface area contributed by atoms with Crippen LogP contribution >= 0.6 is 0 Å². The van der Waals surface area contributed by atoms with Gasteiger partial charge in [-0.15, -0.1) is 10.2 Å². The quantitative estimate of drug-likeness (QED) is 0.556. The predicted molar refractivity (Wildman–Crippen MR) is 122 cm³/mol. The zero-order chi connectivity index (χ0) is 23.6. The molecule has 0 amide bonds. The lowest BCUT2D eigenvalue weighted by Gasteiger charge is -2.30. The Morgan fingerprint density at radius 3 is 2.67 bits per heavy atom. The lowest BCUT2D eigenvalue weighted by Crippen LogP contribution is -2.39. The highest BCUT2D eigenvalue weighted by atomic mass is 32.2. The fourth-order valence-corrected chi connectivity index (χ4v) is 5.51. The van der Waals surface area contributed by atoms with Gasteiger partial charge in [-0.3, -0.25) is 0 Å². The van der Waals surface area contributed by atoms with E-state index in [1.807, 2.05) is 25.3 Å². The Morgan fingerprint density at radius 2 is 2.03 bits per heavy atom. The predicted octanol–water partition coefficient (Wildman–Crippen LogP) is 4.04. The van der Waals surface area contributed by atoms with Crippen molar-refractivity contribution < 1.29 is 17.5 Å². The van der Waals surface area contributed by atoms with Gasteiger partial charge in [-0.25, -0.2) is 22.5 Å². The number of pyridine rings is 1. The summed E-state index contributed by atoms with van der Waals surface area (Å²) in [7, 11) is -3.87. The highest BCUT2D eigenvalue weighted by Crippen LogP contribution is 2.31. The van der Waals surface area contributed by atoms with E-state index in [2.05, 4.69) is 19.9 Å². The molecule has 0 aliphatic heterocycles. The Hall–Kier alpha value is -2.85. The van der Waals surface area contributed by atoms with E-state index >= 15 is 0 Å². The third-order valence-electron chi connectivity index (χ3n) is 5.77. The average Bonchev–Trinajstić information content (AvgIpc) is 3.20. The standard InChI is InChI=1S/C23H28FN5O3S/c1-15(2)32-23-10-7-17(13-25-23)21-9-8-20(12-22(21)24)33(30,31)28-18-5-4-6-19(11-18)29-14-26-27-16(29)3/h7-10,12-15,18-19,28H,4-6,11H2,1-3H3. The van der Waals surface area contributed by atoms with Crippen LogP contribution in [0.3, 0.4) is 0 Å². The maximum absolute atomic E-state index is 14.9. The third kappa shape index (κ3) is 5.39. The Balaban J connectivity index is 1.48. The van der Waals surface area contributed by atoms with Crippen LogP contribution in [-0.4, -0.2) is 40.3 Å². The number of sulfonamides is 1. The molecule has 2 aromatic heterocycles. The molecule has 176 valence electrons. The summed E-state index contributed by atoms with van der Waals surface area (Å²) in [6.07, 6.45) is 6.36. The number of nitrogens with one attached hydrogen (secondary N) is 1. The molecule has 0 spiro atoms. The van der Waals surface area contributed by atoms with Crippen molar-refractivity contribution in [3.8, 4) is 17.0 Å². The zero-order valence-electron chi connectivity index (χ0n) is 18.9. The van der Waals surface area contributed by atoms with Gasteiger partial charge >= 0.3 is 0 Å². The molecule has 2 heterocycles. The van der Waals surface area contributed by atoms with Crippen molar-refractivity contribution in [2.24, 2.45) is 0 Å². The minimum Gasteiger partial charge on any atom is -0.475 e. The summed E-state index contributed by atoms with van der Waals surface area (Å²) in [5.41, 5.74) is 0.818. The number of benzene rings is 1. The van der Waals surface area contributed by atoms with Gasteiger partial charge in [-0.05, 0) is 64.7 Å². The minimum atomic E-state index is -3.87. The zero-order valence-corrected chi connectivity index (χ0v) is 19.7. The van der Waals surface area contributed by atoms with Crippen molar-refractivity contribution in [3.05, 3.63) is 54.5 Å². The topological polar surface area (TPSA) is 99.0 Å². The van der Waals surface area contributed by atoms with Gasteiger partial charge in [0, 0.05) is 35.5 Å². The second-order valence-corrected chi connectivity index (χ2v) is 10.3. The molecule has 1 fully saturated rings. The molecule has 1 aliphatic rings. The first kappa shape index (κ1) is 23.3. The largest absolute Gasteiger partial charge is 0.475 e. The van der Waals surface area contributed by atoms with E-state index in [4.69, 9.17) is 4.74 Å². The molecule has 2 unspecified atom stereocenters. The molecule has 0 saturated heterocycles. The molecule has 1 saturated carbocycles. The smallest absolute Gasteiger partial charge is 0.240 e. The van der Waals surface area contributed by atoms with Crippen molar-refractivity contribution in [1.29, 1.82) is 0 Å². The number of ether oxygens (including phenoxy) is 1. The average molecular weight is 474 g/mol. The van der Waals surface area contributed by atoms with Crippen LogP contribution < -0.4 is 9.46 Å². The lowest BCUT2D eigenvalue weighted by molar-refractivity contribution is 0.232. The van der Waals surface area contributed by atoms with Crippen molar-refractivity contribution in [2.45, 2.75) is 69.5 Å². The molecule has 1 aromatic carbocycles. The molecule has 33 heavy (non-hydrogen) atoms. The van der Waals surface area contributed by atoms with Gasteiger partial charge in [-0.2, -0.15) is 0 Å². The fraction of sp³-hybridized carbons (Fsp3) is 0.435. The fourth-order valence-electron chi connectivity index (χ4n) is 4.22. The minimum absolute atomic E-state index is 0.0165. The van der Waals surface area contributed by atoms with E-state index in [-0.39, 0.29) is 28.6 Å². The van der Waals surface area contributed by atoms with Gasteiger partial charge in [0.15, 0.2) is 0 Å². The van der Waals surface area contributed by atoms with Crippen molar-refractivity contribution >= 4 is 10.0 Å². The van der Waals surface area contributed by atoms with Gasteiger partial charge in [-0.1, -0.05) is 6.07 Å². The van der Waals surface area contributed by atoms with E-state index in [0.717, 1.165) is 31.2 Å². The number of aromatic nitrogens is 4. The van der Waals surface area contributed by atoms with Crippen molar-refractivity contribution in [1.82, 2.24) is 24.5 Å². The van der Waals surface area contributed by atoms with Crippen LogP contribution in [-0.2, 0) is 10.0 Å². The number of rotatable bonds is 7. The number of hydrogen-bond donors (Lipinski definition) is 1. The van der Waals surface area contributed by atoms with Gasteiger partial charge in [0.25, 0.3) is 0 Å². The van der Waals surface area contributed by atoms with Gasteiger partial charge in [0.2, 0.25) is 15.9 Å². The first-order chi connectivity index (χ1) is 15.7. The second-order valence-electron chi connectivity index (χ2n) is 8.62. The molecule has 4 rings (SSSR count). The molecule has 2 atom stereocenters. The highest BCUT2D eigenvalue weighted by molar-refractivity contribution is 7.89. The second kappa shape index (κ2) is 9.56. The number of aryl methyl sites for hydroxylation is 1. The number of nitrogens with zero attached hydrogens (tertiary/aromatic N) is 4. The van der Waals surface area contributed by atoms with Gasteiger partial charge in [0.1, 0.15) is 18.0 Å². The van der Waals surface area contributed by atoms with Crippen LogP contribution in [0.25, 0.3) is 11.1 Å². The molecular weight excluding hydrogens is 445 g/mol. The van der Waals surface area contributed by atoms with E-state index in [1.165, 1.54) is 18.3 Å². The third-order valence-corrected chi connectivity index (χ3v) is 7.29. The molecule has 0 radical (unpaired) electrons. The molecule has 1 aliphatic carbocycles. The maximum atomic E-state index is 14.9. The van der Waals surface area contributed by atoms with E-state index in [1.54, 1.807) is 18.5 Å². The lowest BCUT2D eigenvalue weighted by atomic mass is 9.91. The number of hydrogen-bond acceptors (Lipinski definition) is 6. The molecule has 1 N–H and O–H groups in total. The van der Waals surface area contributed by atoms with E-state index in [0.29, 0.717) is 17.9 Å².